The van der Waals surface area contributed by atoms with E-state index in [9.17, 15) is 18.0 Å². The molecule has 2 aromatic heterocycles. The van der Waals surface area contributed by atoms with Crippen LogP contribution >= 0.6 is 11.8 Å². The molecule has 0 spiro atoms. The first kappa shape index (κ1) is 23.6. The monoisotopic (exact) mass is 486 g/mol. The second-order valence-corrected chi connectivity index (χ2v) is 8.30. The van der Waals surface area contributed by atoms with E-state index in [0.29, 0.717) is 40.2 Å². The highest BCUT2D eigenvalue weighted by molar-refractivity contribution is 7.98. The number of carbonyl (C=O) groups is 1. The van der Waals surface area contributed by atoms with Crippen molar-refractivity contribution in [2.75, 3.05) is 0 Å². The zero-order chi connectivity index (χ0) is 24.1. The summed E-state index contributed by atoms with van der Waals surface area (Å²) in [5.41, 5.74) is 0.858. The topological polar surface area (TPSA) is 73.0 Å². The molecule has 34 heavy (non-hydrogen) atoms. The Morgan fingerprint density at radius 2 is 1.91 bits per heavy atom. The molecule has 10 heteroatoms. The van der Waals surface area contributed by atoms with Crippen LogP contribution < -0.4 is 5.32 Å². The van der Waals surface area contributed by atoms with Crippen LogP contribution in [0.5, 0.6) is 0 Å². The summed E-state index contributed by atoms with van der Waals surface area (Å²) in [6.07, 6.45) is -2.86. The summed E-state index contributed by atoms with van der Waals surface area (Å²) in [5, 5.41) is 11.9. The predicted octanol–water partition coefficient (Wildman–Crippen LogP) is 5.80. The van der Waals surface area contributed by atoms with Crippen LogP contribution in [0.3, 0.4) is 0 Å². The number of hydrogen-bond donors (Lipinski definition) is 1. The van der Waals surface area contributed by atoms with Crippen LogP contribution in [0.2, 0.25) is 0 Å². The fraction of sp³-hybridized carbons (Fsp3) is 0.208. The molecular weight excluding hydrogens is 465 g/mol. The van der Waals surface area contributed by atoms with Gasteiger partial charge in [0.05, 0.1) is 11.8 Å². The molecule has 0 unspecified atom stereocenters. The zero-order valence-electron chi connectivity index (χ0n) is 18.2. The van der Waals surface area contributed by atoms with E-state index in [1.54, 1.807) is 30.5 Å². The maximum Gasteiger partial charge on any atom is 0.416 e. The van der Waals surface area contributed by atoms with Crippen LogP contribution in [0, 0.1) is 0 Å². The number of aromatic nitrogens is 3. The number of carbonyl (C=O) groups excluding carboxylic acids is 1. The number of thioether (sulfide) groups is 1. The Balaban J connectivity index is 1.45. The Bertz CT molecular complexity index is 1270. The SMILES string of the molecule is CCn1c(SCc2ccccc2C(=O)NCc2cccc(C(F)(F)F)c2)nnc1-c1ccco1. The fourth-order valence-corrected chi connectivity index (χ4v) is 4.42. The summed E-state index contributed by atoms with van der Waals surface area (Å²) >= 11 is 1.44. The van der Waals surface area contributed by atoms with E-state index in [4.69, 9.17) is 4.42 Å². The van der Waals surface area contributed by atoms with E-state index in [1.807, 2.05) is 29.7 Å². The summed E-state index contributed by atoms with van der Waals surface area (Å²) in [5.74, 6) is 1.35. The lowest BCUT2D eigenvalue weighted by atomic mass is 10.1. The van der Waals surface area contributed by atoms with E-state index in [2.05, 4.69) is 15.5 Å². The van der Waals surface area contributed by atoms with Crippen LogP contribution in [-0.2, 0) is 25.0 Å². The molecule has 0 aliphatic heterocycles. The molecule has 0 radical (unpaired) electrons. The molecule has 2 aromatic carbocycles. The van der Waals surface area contributed by atoms with Crippen molar-refractivity contribution in [3.05, 3.63) is 89.2 Å². The largest absolute Gasteiger partial charge is 0.461 e. The van der Waals surface area contributed by atoms with Crippen LogP contribution in [0.1, 0.15) is 34.0 Å². The summed E-state index contributed by atoms with van der Waals surface area (Å²) in [4.78, 5) is 12.8. The minimum atomic E-state index is -4.43. The molecule has 0 bridgehead atoms. The summed E-state index contributed by atoms with van der Waals surface area (Å²) < 4.78 is 46.2. The first-order chi connectivity index (χ1) is 16.4. The molecule has 176 valence electrons. The molecule has 1 amide bonds. The third-order valence-electron chi connectivity index (χ3n) is 5.10. The number of nitrogens with zero attached hydrogens (tertiary/aromatic N) is 3. The van der Waals surface area contributed by atoms with E-state index in [1.165, 1.54) is 17.8 Å². The average molecular weight is 487 g/mol. The van der Waals surface area contributed by atoms with Crippen LogP contribution in [-0.4, -0.2) is 20.7 Å². The summed E-state index contributed by atoms with van der Waals surface area (Å²) in [6, 6.07) is 15.6. The molecule has 4 rings (SSSR count). The number of rotatable bonds is 8. The zero-order valence-corrected chi connectivity index (χ0v) is 19.0. The number of nitrogens with one attached hydrogen (secondary N) is 1. The van der Waals surface area contributed by atoms with Gasteiger partial charge in [0.25, 0.3) is 5.91 Å². The van der Waals surface area contributed by atoms with Crippen LogP contribution in [0.15, 0.2) is 76.5 Å². The number of amides is 1. The first-order valence-corrected chi connectivity index (χ1v) is 11.5. The number of halogens is 3. The number of hydrogen-bond acceptors (Lipinski definition) is 5. The molecule has 4 aromatic rings. The van der Waals surface area contributed by atoms with Gasteiger partial charge in [0.1, 0.15) is 0 Å². The van der Waals surface area contributed by atoms with E-state index >= 15 is 0 Å². The Hall–Kier alpha value is -3.53. The molecule has 1 N–H and O–H groups in total. The van der Waals surface area contributed by atoms with E-state index < -0.39 is 11.7 Å². The van der Waals surface area contributed by atoms with Crippen molar-refractivity contribution < 1.29 is 22.4 Å². The van der Waals surface area contributed by atoms with Crippen molar-refractivity contribution in [1.29, 1.82) is 0 Å². The van der Waals surface area contributed by atoms with Crippen molar-refractivity contribution >= 4 is 17.7 Å². The third-order valence-corrected chi connectivity index (χ3v) is 6.12. The molecule has 0 saturated heterocycles. The molecule has 0 aliphatic rings. The lowest BCUT2D eigenvalue weighted by molar-refractivity contribution is -0.137. The van der Waals surface area contributed by atoms with Crippen LogP contribution in [0.25, 0.3) is 11.6 Å². The Labute approximate surface area is 198 Å². The van der Waals surface area contributed by atoms with Crippen molar-refractivity contribution in [3.63, 3.8) is 0 Å². The normalized spacial score (nSPS) is 11.5. The fourth-order valence-electron chi connectivity index (χ4n) is 3.41. The number of benzene rings is 2. The van der Waals surface area contributed by atoms with Gasteiger partial charge in [0.15, 0.2) is 16.7 Å². The van der Waals surface area contributed by atoms with E-state index in [0.717, 1.165) is 17.7 Å². The highest BCUT2D eigenvalue weighted by Crippen LogP contribution is 2.30. The van der Waals surface area contributed by atoms with Gasteiger partial charge in [0.2, 0.25) is 0 Å². The highest BCUT2D eigenvalue weighted by Gasteiger charge is 2.30. The average Bonchev–Trinajstić information content (AvgIpc) is 3.50. The standard InChI is InChI=1S/C24H21F3N4O2S/c1-2-31-21(20-11-6-12-33-20)29-30-23(31)34-15-17-8-3-4-10-19(17)22(32)28-14-16-7-5-9-18(13-16)24(25,26)27/h3-13H,2,14-15H2,1H3,(H,28,32). The second kappa shape index (κ2) is 10.2. The van der Waals surface area contributed by atoms with Gasteiger partial charge in [-0.25, -0.2) is 0 Å². The predicted molar refractivity (Wildman–Crippen MR) is 122 cm³/mol. The number of furan rings is 1. The second-order valence-electron chi connectivity index (χ2n) is 7.35. The smallest absolute Gasteiger partial charge is 0.416 e. The van der Waals surface area contributed by atoms with Crippen molar-refractivity contribution in [2.45, 2.75) is 37.1 Å². The lowest BCUT2D eigenvalue weighted by Gasteiger charge is -2.12. The Morgan fingerprint density at radius 1 is 1.09 bits per heavy atom. The van der Waals surface area contributed by atoms with Gasteiger partial charge in [-0.1, -0.05) is 42.1 Å². The van der Waals surface area contributed by atoms with Gasteiger partial charge in [-0.2, -0.15) is 13.2 Å². The molecular formula is C24H21F3N4O2S. The summed E-state index contributed by atoms with van der Waals surface area (Å²) in [6.45, 7) is 2.61. The van der Waals surface area contributed by atoms with Crippen LogP contribution in [0.4, 0.5) is 13.2 Å². The lowest BCUT2D eigenvalue weighted by Crippen LogP contribution is -2.24. The molecule has 0 aliphatic carbocycles. The van der Waals surface area contributed by atoms with Gasteiger partial charge in [-0.15, -0.1) is 10.2 Å². The molecule has 6 nitrogen and oxygen atoms in total. The molecule has 0 fully saturated rings. The Kier molecular flexibility index (Phi) is 7.06. The quantitative estimate of drug-likeness (QED) is 0.319. The van der Waals surface area contributed by atoms with Gasteiger partial charge in [-0.3, -0.25) is 9.36 Å². The molecule has 0 saturated carbocycles. The molecule has 0 atom stereocenters. The van der Waals surface area contributed by atoms with Gasteiger partial charge < -0.3 is 9.73 Å². The minimum absolute atomic E-state index is 0.0130. The van der Waals surface area contributed by atoms with E-state index in [-0.39, 0.29) is 12.5 Å². The van der Waals surface area contributed by atoms with Crippen molar-refractivity contribution in [3.8, 4) is 11.6 Å². The molecule has 2 heterocycles. The number of alkyl halides is 3. The minimum Gasteiger partial charge on any atom is -0.461 e. The first-order valence-electron chi connectivity index (χ1n) is 10.5. The highest BCUT2D eigenvalue weighted by atomic mass is 32.2. The van der Waals surface area contributed by atoms with Gasteiger partial charge in [-0.05, 0) is 48.4 Å². The Morgan fingerprint density at radius 3 is 2.65 bits per heavy atom. The van der Waals surface area contributed by atoms with Crippen molar-refractivity contribution in [1.82, 2.24) is 20.1 Å². The maximum absolute atomic E-state index is 12.9. The summed E-state index contributed by atoms with van der Waals surface area (Å²) in [7, 11) is 0. The van der Waals surface area contributed by atoms with Gasteiger partial charge >= 0.3 is 6.18 Å². The third kappa shape index (κ3) is 5.33. The van der Waals surface area contributed by atoms with Crippen molar-refractivity contribution in [2.24, 2.45) is 0 Å². The van der Waals surface area contributed by atoms with Gasteiger partial charge in [0, 0.05) is 24.4 Å². The maximum atomic E-state index is 12.9.